The van der Waals surface area contributed by atoms with E-state index in [0.717, 1.165) is 0 Å². The Balaban J connectivity index is 1.84. The van der Waals surface area contributed by atoms with Gasteiger partial charge in [0.05, 0.1) is 0 Å². The van der Waals surface area contributed by atoms with Crippen LogP contribution in [0.3, 0.4) is 0 Å². The van der Waals surface area contributed by atoms with Crippen molar-refractivity contribution < 1.29 is 32.6 Å². The number of nitrogens with zero attached hydrogens (tertiary/aromatic N) is 1. The maximum atomic E-state index is 12.5. The Morgan fingerprint density at radius 3 is 2.46 bits per heavy atom. The summed E-state index contributed by atoms with van der Waals surface area (Å²) >= 11 is 0. The number of amides is 1. The van der Waals surface area contributed by atoms with Gasteiger partial charge in [-0.05, 0) is 23.8 Å². The Bertz CT molecular complexity index is 835. The van der Waals surface area contributed by atoms with Crippen LogP contribution in [-0.4, -0.2) is 36.0 Å². The summed E-state index contributed by atoms with van der Waals surface area (Å²) in [5, 5.41) is 8.60. The summed E-state index contributed by atoms with van der Waals surface area (Å²) in [6, 6.07) is 11.4. The van der Waals surface area contributed by atoms with E-state index in [0.29, 0.717) is 11.1 Å². The molecule has 0 bridgehead atoms. The summed E-state index contributed by atoms with van der Waals surface area (Å²) in [5.74, 6) is -0.776. The van der Waals surface area contributed by atoms with E-state index in [1.54, 1.807) is 30.3 Å². The summed E-state index contributed by atoms with van der Waals surface area (Å²) < 4.78 is 47.0. The van der Waals surface area contributed by atoms with Gasteiger partial charge in [-0.25, -0.2) is 10.5 Å². The minimum Gasteiger partial charge on any atom is -0.475 e. The van der Waals surface area contributed by atoms with Crippen molar-refractivity contribution >= 4 is 11.8 Å². The molecule has 0 aliphatic carbocycles. The number of aliphatic imine (C=N–C) groups is 1. The summed E-state index contributed by atoms with van der Waals surface area (Å²) in [6.07, 6.45) is -4.79. The summed E-state index contributed by atoms with van der Waals surface area (Å²) in [6.45, 7) is -0.00820. The first-order chi connectivity index (χ1) is 12.4. The van der Waals surface area contributed by atoms with E-state index in [1.165, 1.54) is 23.7 Å². The van der Waals surface area contributed by atoms with Gasteiger partial charge < -0.3 is 9.47 Å². The van der Waals surface area contributed by atoms with E-state index in [9.17, 15) is 18.0 Å². The molecule has 0 aromatic heterocycles. The third-order valence-corrected chi connectivity index (χ3v) is 3.62. The van der Waals surface area contributed by atoms with Crippen LogP contribution in [0.2, 0.25) is 0 Å². The number of para-hydroxylation sites is 1. The largest absolute Gasteiger partial charge is 0.573 e. The predicted molar refractivity (Wildman–Crippen MR) is 84.8 cm³/mol. The standard InChI is InChI=1S/C17H13F3N2O4/c18-17(19,20)26-14-4-2-1-3-12(14)10-5-7-11(8-6-10)16-21-13(9-25-16)15(23)22-24/h1-8,13,24H,9H2,(H,22,23)/t13-/m1/s1. The zero-order valence-corrected chi connectivity index (χ0v) is 13.2. The molecule has 2 aromatic rings. The Labute approximate surface area is 145 Å². The molecule has 2 N–H and O–H groups in total. The van der Waals surface area contributed by atoms with Crippen molar-refractivity contribution in [3.63, 3.8) is 0 Å². The molecule has 0 unspecified atom stereocenters. The highest BCUT2D eigenvalue weighted by Gasteiger charge is 2.32. The lowest BCUT2D eigenvalue weighted by Gasteiger charge is -2.13. The maximum Gasteiger partial charge on any atom is 0.573 e. The number of alkyl halides is 3. The number of carbonyl (C=O) groups excluding carboxylic acids is 1. The molecule has 9 heteroatoms. The van der Waals surface area contributed by atoms with Crippen molar-refractivity contribution in [1.82, 2.24) is 5.48 Å². The molecule has 2 aromatic carbocycles. The second-order valence-electron chi connectivity index (χ2n) is 5.36. The molecule has 136 valence electrons. The third-order valence-electron chi connectivity index (χ3n) is 3.62. The molecular formula is C17H13F3N2O4. The fourth-order valence-electron chi connectivity index (χ4n) is 2.45. The second kappa shape index (κ2) is 7.04. The van der Waals surface area contributed by atoms with E-state index >= 15 is 0 Å². The SMILES string of the molecule is O=C(NO)[C@H]1COC(c2ccc(-c3ccccc3OC(F)(F)F)cc2)=N1. The first kappa shape index (κ1) is 17.7. The predicted octanol–water partition coefficient (Wildman–Crippen LogP) is 2.90. The minimum absolute atomic E-state index is 0.00820. The molecule has 3 rings (SSSR count). The van der Waals surface area contributed by atoms with Crippen LogP contribution in [0.25, 0.3) is 11.1 Å². The highest BCUT2D eigenvalue weighted by Crippen LogP contribution is 2.33. The lowest BCUT2D eigenvalue weighted by Crippen LogP contribution is -2.31. The van der Waals surface area contributed by atoms with Crippen molar-refractivity contribution in [3.8, 4) is 16.9 Å². The number of hydroxylamine groups is 1. The van der Waals surface area contributed by atoms with Crippen LogP contribution < -0.4 is 10.2 Å². The van der Waals surface area contributed by atoms with Gasteiger partial charge >= 0.3 is 6.36 Å². The van der Waals surface area contributed by atoms with Crippen LogP contribution >= 0.6 is 0 Å². The normalized spacial score (nSPS) is 16.6. The van der Waals surface area contributed by atoms with Crippen LogP contribution in [0.5, 0.6) is 5.75 Å². The van der Waals surface area contributed by atoms with Crippen LogP contribution in [0.1, 0.15) is 5.56 Å². The monoisotopic (exact) mass is 366 g/mol. The molecule has 0 spiro atoms. The average molecular weight is 366 g/mol. The number of halogens is 3. The van der Waals surface area contributed by atoms with Gasteiger partial charge in [0, 0.05) is 11.1 Å². The Hall–Kier alpha value is -3.07. The molecule has 1 heterocycles. The van der Waals surface area contributed by atoms with Crippen LogP contribution in [0.15, 0.2) is 53.5 Å². The zero-order chi connectivity index (χ0) is 18.7. The summed E-state index contributed by atoms with van der Waals surface area (Å²) in [7, 11) is 0. The number of rotatable bonds is 4. The number of benzene rings is 2. The van der Waals surface area contributed by atoms with E-state index in [-0.39, 0.29) is 23.8 Å². The fraction of sp³-hybridized carbons (Fsp3) is 0.176. The van der Waals surface area contributed by atoms with E-state index < -0.39 is 18.3 Å². The quantitative estimate of drug-likeness (QED) is 0.644. The topological polar surface area (TPSA) is 80.2 Å². The average Bonchev–Trinajstić information content (AvgIpc) is 3.10. The molecule has 1 aliphatic heterocycles. The van der Waals surface area contributed by atoms with Gasteiger partial charge in [-0.1, -0.05) is 30.3 Å². The summed E-state index contributed by atoms with van der Waals surface area (Å²) in [4.78, 5) is 15.4. The van der Waals surface area contributed by atoms with Crippen molar-refractivity contribution in [2.75, 3.05) is 6.61 Å². The Morgan fingerprint density at radius 2 is 1.81 bits per heavy atom. The van der Waals surface area contributed by atoms with Gasteiger partial charge in [0.15, 0.2) is 6.04 Å². The van der Waals surface area contributed by atoms with Gasteiger partial charge in [-0.3, -0.25) is 10.0 Å². The number of ether oxygens (including phenoxy) is 2. The third kappa shape index (κ3) is 3.94. The van der Waals surface area contributed by atoms with Crippen molar-refractivity contribution in [2.24, 2.45) is 4.99 Å². The van der Waals surface area contributed by atoms with Crippen molar-refractivity contribution in [2.45, 2.75) is 12.4 Å². The Morgan fingerprint density at radius 1 is 1.15 bits per heavy atom. The summed E-state index contributed by atoms with van der Waals surface area (Å²) in [5.41, 5.74) is 2.85. The van der Waals surface area contributed by atoms with Crippen molar-refractivity contribution in [1.29, 1.82) is 0 Å². The molecule has 26 heavy (non-hydrogen) atoms. The molecule has 0 radical (unpaired) electrons. The lowest BCUT2D eigenvalue weighted by atomic mass is 10.0. The molecule has 1 amide bonds. The van der Waals surface area contributed by atoms with Crippen molar-refractivity contribution in [3.05, 3.63) is 54.1 Å². The number of hydrogen-bond acceptors (Lipinski definition) is 5. The van der Waals surface area contributed by atoms with E-state index in [2.05, 4.69) is 9.73 Å². The van der Waals surface area contributed by atoms with Gasteiger partial charge in [0.25, 0.3) is 5.91 Å². The van der Waals surface area contributed by atoms with Gasteiger partial charge in [0.2, 0.25) is 5.90 Å². The maximum absolute atomic E-state index is 12.5. The first-order valence-corrected chi connectivity index (χ1v) is 7.47. The highest BCUT2D eigenvalue weighted by molar-refractivity contribution is 5.98. The van der Waals surface area contributed by atoms with Crippen LogP contribution in [-0.2, 0) is 9.53 Å². The first-order valence-electron chi connectivity index (χ1n) is 7.47. The molecular weight excluding hydrogens is 353 g/mol. The molecule has 0 saturated carbocycles. The van der Waals surface area contributed by atoms with E-state index in [1.807, 2.05) is 0 Å². The fourth-order valence-corrected chi connectivity index (χ4v) is 2.45. The molecule has 0 saturated heterocycles. The second-order valence-corrected chi connectivity index (χ2v) is 5.36. The lowest BCUT2D eigenvalue weighted by molar-refractivity contribution is -0.274. The highest BCUT2D eigenvalue weighted by atomic mass is 19.4. The number of nitrogens with one attached hydrogen (secondary N) is 1. The molecule has 0 fully saturated rings. The Kier molecular flexibility index (Phi) is 4.81. The van der Waals surface area contributed by atoms with Crippen LogP contribution in [0, 0.1) is 0 Å². The molecule has 1 atom stereocenters. The minimum atomic E-state index is -4.79. The number of hydrogen-bond donors (Lipinski definition) is 2. The van der Waals surface area contributed by atoms with Gasteiger partial charge in [-0.2, -0.15) is 0 Å². The number of carbonyl (C=O) groups is 1. The van der Waals surface area contributed by atoms with Gasteiger partial charge in [0.1, 0.15) is 12.4 Å². The van der Waals surface area contributed by atoms with E-state index in [4.69, 9.17) is 9.94 Å². The molecule has 6 nitrogen and oxygen atoms in total. The van der Waals surface area contributed by atoms with Crippen LogP contribution in [0.4, 0.5) is 13.2 Å². The van der Waals surface area contributed by atoms with Gasteiger partial charge in [-0.15, -0.1) is 13.2 Å². The smallest absolute Gasteiger partial charge is 0.475 e. The zero-order valence-electron chi connectivity index (χ0n) is 13.2. The molecule has 1 aliphatic rings.